The van der Waals surface area contributed by atoms with Crippen LogP contribution in [0.3, 0.4) is 0 Å². The van der Waals surface area contributed by atoms with Gasteiger partial charge < -0.3 is 15.0 Å². The fourth-order valence-electron chi connectivity index (χ4n) is 5.31. The Balaban J connectivity index is 1.72. The normalized spacial score (nSPS) is 14.5. The van der Waals surface area contributed by atoms with Crippen molar-refractivity contribution in [2.75, 3.05) is 18.0 Å². The van der Waals surface area contributed by atoms with Gasteiger partial charge in [-0.2, -0.15) is 0 Å². The lowest BCUT2D eigenvalue weighted by Gasteiger charge is -2.34. The molecule has 1 atom stereocenters. The van der Waals surface area contributed by atoms with E-state index in [2.05, 4.69) is 5.32 Å². The SMILES string of the molecule is CC[C@H](C(=O)NC1CCCCC1)N(Cc1ccc(OC)cc1)C(=O)CN(c1cccc(Cl)c1Cl)S(=O)(=O)c1ccccc1. The van der Waals surface area contributed by atoms with Gasteiger partial charge in [0.25, 0.3) is 10.0 Å². The lowest BCUT2D eigenvalue weighted by molar-refractivity contribution is -0.140. The predicted octanol–water partition coefficient (Wildman–Crippen LogP) is 6.45. The summed E-state index contributed by atoms with van der Waals surface area (Å²) in [4.78, 5) is 29.4. The first-order valence-corrected chi connectivity index (χ1v) is 16.6. The number of ether oxygens (including phenoxy) is 1. The van der Waals surface area contributed by atoms with E-state index < -0.39 is 28.5 Å². The highest BCUT2D eigenvalue weighted by atomic mass is 35.5. The first-order valence-electron chi connectivity index (χ1n) is 14.4. The first kappa shape index (κ1) is 32.6. The van der Waals surface area contributed by atoms with Crippen molar-refractivity contribution < 1.29 is 22.7 Å². The molecule has 0 unspecified atom stereocenters. The third-order valence-electron chi connectivity index (χ3n) is 7.66. The molecular weight excluding hydrogens is 609 g/mol. The third kappa shape index (κ3) is 8.02. The number of halogens is 2. The highest BCUT2D eigenvalue weighted by molar-refractivity contribution is 7.92. The number of rotatable bonds is 12. The molecule has 0 aromatic heterocycles. The van der Waals surface area contributed by atoms with Crippen LogP contribution in [0.2, 0.25) is 10.0 Å². The van der Waals surface area contributed by atoms with Crippen LogP contribution in [0.5, 0.6) is 5.75 Å². The topological polar surface area (TPSA) is 96.0 Å². The van der Waals surface area contributed by atoms with Crippen molar-refractivity contribution in [1.29, 1.82) is 0 Å². The van der Waals surface area contributed by atoms with Gasteiger partial charge in [-0.3, -0.25) is 13.9 Å². The van der Waals surface area contributed by atoms with Crippen LogP contribution >= 0.6 is 23.2 Å². The minimum atomic E-state index is -4.25. The zero-order valence-electron chi connectivity index (χ0n) is 24.3. The summed E-state index contributed by atoms with van der Waals surface area (Å²) in [6, 6.07) is 18.8. The number of carbonyl (C=O) groups is 2. The molecule has 1 fully saturated rings. The van der Waals surface area contributed by atoms with Crippen LogP contribution in [0.4, 0.5) is 5.69 Å². The summed E-state index contributed by atoms with van der Waals surface area (Å²) in [6.45, 7) is 1.33. The second kappa shape index (κ2) is 14.9. The van der Waals surface area contributed by atoms with E-state index in [1.165, 1.54) is 23.1 Å². The van der Waals surface area contributed by atoms with Gasteiger partial charge in [-0.15, -0.1) is 0 Å². The van der Waals surface area contributed by atoms with Crippen LogP contribution in [-0.4, -0.2) is 50.9 Å². The number of methoxy groups -OCH3 is 1. The molecule has 0 bridgehead atoms. The number of nitrogens with zero attached hydrogens (tertiary/aromatic N) is 2. The van der Waals surface area contributed by atoms with Gasteiger partial charge in [0.1, 0.15) is 18.3 Å². The summed E-state index contributed by atoms with van der Waals surface area (Å²) >= 11 is 12.8. The predicted molar refractivity (Wildman–Crippen MR) is 170 cm³/mol. The van der Waals surface area contributed by atoms with Crippen molar-refractivity contribution in [3.8, 4) is 5.75 Å². The highest BCUT2D eigenvalue weighted by Gasteiger charge is 2.35. The van der Waals surface area contributed by atoms with E-state index >= 15 is 0 Å². The number of anilines is 1. The Morgan fingerprint density at radius 3 is 2.26 bits per heavy atom. The molecule has 11 heteroatoms. The monoisotopic (exact) mass is 645 g/mol. The van der Waals surface area contributed by atoms with Gasteiger partial charge in [-0.25, -0.2) is 8.42 Å². The second-order valence-corrected chi connectivity index (χ2v) is 13.2. The van der Waals surface area contributed by atoms with E-state index in [0.29, 0.717) is 12.2 Å². The quantitative estimate of drug-likeness (QED) is 0.244. The maximum atomic E-state index is 14.3. The molecular formula is C32H37Cl2N3O5S. The van der Waals surface area contributed by atoms with Crippen molar-refractivity contribution in [1.82, 2.24) is 10.2 Å². The van der Waals surface area contributed by atoms with E-state index in [0.717, 1.165) is 42.0 Å². The van der Waals surface area contributed by atoms with Crippen LogP contribution in [0, 0.1) is 0 Å². The molecule has 1 N–H and O–H groups in total. The number of sulfonamides is 1. The molecule has 1 aliphatic carbocycles. The van der Waals surface area contributed by atoms with E-state index in [9.17, 15) is 18.0 Å². The van der Waals surface area contributed by atoms with Crippen molar-refractivity contribution in [2.45, 2.75) is 69.0 Å². The van der Waals surface area contributed by atoms with E-state index in [4.69, 9.17) is 27.9 Å². The molecule has 0 radical (unpaired) electrons. The summed E-state index contributed by atoms with van der Waals surface area (Å²) < 4.78 is 34.2. The lowest BCUT2D eigenvalue weighted by Crippen LogP contribution is -2.54. The Morgan fingerprint density at radius 1 is 0.953 bits per heavy atom. The minimum absolute atomic E-state index is 0.000241. The summed E-state index contributed by atoms with van der Waals surface area (Å²) in [5.41, 5.74) is 0.826. The first-order chi connectivity index (χ1) is 20.6. The fourth-order valence-corrected chi connectivity index (χ4v) is 7.20. The molecule has 3 aromatic carbocycles. The molecule has 1 aliphatic rings. The summed E-state index contributed by atoms with van der Waals surface area (Å²) in [6.07, 6.45) is 5.36. The van der Waals surface area contributed by atoms with Gasteiger partial charge in [0, 0.05) is 12.6 Å². The smallest absolute Gasteiger partial charge is 0.264 e. The summed E-state index contributed by atoms with van der Waals surface area (Å²) in [5.74, 6) is -0.161. The molecule has 8 nitrogen and oxygen atoms in total. The van der Waals surface area contributed by atoms with Crippen LogP contribution in [0.15, 0.2) is 77.7 Å². The number of amides is 2. The third-order valence-corrected chi connectivity index (χ3v) is 10.2. The highest BCUT2D eigenvalue weighted by Crippen LogP contribution is 2.35. The standard InChI is InChI=1S/C32H37Cl2N3O5S/c1-3-28(32(39)35-24-11-6-4-7-12-24)36(21-23-17-19-25(42-2)20-18-23)30(38)22-37(29-16-10-15-27(33)31(29)34)43(40,41)26-13-8-5-9-14-26/h5,8-10,13-20,24,28H,3-4,6-7,11-12,21-22H2,1-2H3,(H,35,39)/t28-/m1/s1. The maximum absolute atomic E-state index is 14.3. The molecule has 2 amide bonds. The van der Waals surface area contributed by atoms with Crippen molar-refractivity contribution >= 4 is 50.7 Å². The zero-order valence-corrected chi connectivity index (χ0v) is 26.7. The molecule has 43 heavy (non-hydrogen) atoms. The minimum Gasteiger partial charge on any atom is -0.497 e. The summed E-state index contributed by atoms with van der Waals surface area (Å²) in [5, 5.41) is 3.29. The number of hydrogen-bond donors (Lipinski definition) is 1. The second-order valence-electron chi connectivity index (χ2n) is 10.5. The number of hydrogen-bond acceptors (Lipinski definition) is 5. The van der Waals surface area contributed by atoms with Gasteiger partial charge in [0.15, 0.2) is 0 Å². The van der Waals surface area contributed by atoms with Gasteiger partial charge >= 0.3 is 0 Å². The lowest BCUT2D eigenvalue weighted by atomic mass is 9.95. The van der Waals surface area contributed by atoms with Gasteiger partial charge in [-0.05, 0) is 61.2 Å². The Hall–Kier alpha value is -3.27. The average molecular weight is 647 g/mol. The van der Waals surface area contributed by atoms with Crippen LogP contribution < -0.4 is 14.4 Å². The van der Waals surface area contributed by atoms with Gasteiger partial charge in [0.05, 0.1) is 27.7 Å². The number of carbonyl (C=O) groups excluding carboxylic acids is 2. The van der Waals surface area contributed by atoms with Crippen molar-refractivity contribution in [3.05, 3.63) is 88.4 Å². The maximum Gasteiger partial charge on any atom is 0.264 e. The van der Waals surface area contributed by atoms with E-state index in [1.54, 1.807) is 49.6 Å². The molecule has 0 saturated heterocycles. The molecule has 0 aliphatic heterocycles. The van der Waals surface area contributed by atoms with Crippen LogP contribution in [-0.2, 0) is 26.2 Å². The number of nitrogens with one attached hydrogen (secondary N) is 1. The molecule has 0 heterocycles. The largest absolute Gasteiger partial charge is 0.497 e. The van der Waals surface area contributed by atoms with Gasteiger partial charge in [-0.1, -0.05) is 85.8 Å². The average Bonchev–Trinajstić information content (AvgIpc) is 3.02. The van der Waals surface area contributed by atoms with Crippen LogP contribution in [0.25, 0.3) is 0 Å². The van der Waals surface area contributed by atoms with E-state index in [1.807, 2.05) is 19.1 Å². The number of benzene rings is 3. The van der Waals surface area contributed by atoms with Crippen LogP contribution in [0.1, 0.15) is 51.0 Å². The summed E-state index contributed by atoms with van der Waals surface area (Å²) in [7, 11) is -2.69. The van der Waals surface area contributed by atoms with Gasteiger partial charge in [0.2, 0.25) is 11.8 Å². The Morgan fingerprint density at radius 2 is 1.63 bits per heavy atom. The zero-order chi connectivity index (χ0) is 31.0. The molecule has 230 valence electrons. The van der Waals surface area contributed by atoms with Crippen molar-refractivity contribution in [3.63, 3.8) is 0 Å². The fraction of sp³-hybridized carbons (Fsp3) is 0.375. The Bertz CT molecular complexity index is 1500. The molecule has 0 spiro atoms. The Labute approximate surface area is 264 Å². The molecule has 4 rings (SSSR count). The molecule has 1 saturated carbocycles. The Kier molecular flexibility index (Phi) is 11.3. The van der Waals surface area contributed by atoms with Crippen molar-refractivity contribution in [2.24, 2.45) is 0 Å². The molecule has 3 aromatic rings. The van der Waals surface area contributed by atoms with E-state index in [-0.39, 0.29) is 39.1 Å².